The first-order chi connectivity index (χ1) is 6.77. The van der Waals surface area contributed by atoms with Crippen LogP contribution in [0, 0.1) is 0 Å². The molecule has 76 valence electrons. The smallest absolute Gasteiger partial charge is 0.120 e. The molecule has 0 aliphatic carbocycles. The summed E-state index contributed by atoms with van der Waals surface area (Å²) in [5.74, 6) is 0.769. The van der Waals surface area contributed by atoms with Crippen LogP contribution in [0.1, 0.15) is 12.0 Å². The number of ether oxygens (including phenoxy) is 1. The molecular formula is C11H14ClNO. The van der Waals surface area contributed by atoms with Gasteiger partial charge in [0.15, 0.2) is 0 Å². The Morgan fingerprint density at radius 2 is 2.29 bits per heavy atom. The Hall–Kier alpha value is -0.990. The molecule has 3 heteroatoms. The van der Waals surface area contributed by atoms with Gasteiger partial charge in [-0.1, -0.05) is 23.8 Å². The summed E-state index contributed by atoms with van der Waals surface area (Å²) in [5, 5.41) is 0.692. The van der Waals surface area contributed by atoms with Gasteiger partial charge < -0.3 is 10.5 Å². The molecular weight excluding hydrogens is 198 g/mol. The van der Waals surface area contributed by atoms with Crippen LogP contribution < -0.4 is 10.5 Å². The molecule has 0 amide bonds. The van der Waals surface area contributed by atoms with Gasteiger partial charge in [-0.25, -0.2) is 0 Å². The van der Waals surface area contributed by atoms with Crippen LogP contribution in [0.2, 0.25) is 5.02 Å². The Bertz CT molecular complexity index is 323. The van der Waals surface area contributed by atoms with Crippen LogP contribution in [-0.2, 0) is 0 Å². The zero-order chi connectivity index (χ0) is 10.4. The molecule has 2 N–H and O–H groups in total. The third-order valence-corrected chi connectivity index (χ3v) is 2.17. The summed E-state index contributed by atoms with van der Waals surface area (Å²) in [4.78, 5) is 0. The molecule has 2 nitrogen and oxygen atoms in total. The van der Waals surface area contributed by atoms with Crippen LogP contribution in [0.4, 0.5) is 0 Å². The molecule has 1 rings (SSSR count). The number of nitrogens with two attached hydrogens (primary N) is 1. The predicted octanol–water partition coefficient (Wildman–Crippen LogP) is 2.71. The van der Waals surface area contributed by atoms with Gasteiger partial charge in [-0.3, -0.25) is 0 Å². The van der Waals surface area contributed by atoms with Crippen molar-refractivity contribution in [3.63, 3.8) is 0 Å². The number of benzene rings is 1. The predicted molar refractivity (Wildman–Crippen MR) is 60.7 cm³/mol. The van der Waals surface area contributed by atoms with Gasteiger partial charge >= 0.3 is 0 Å². The molecule has 1 aromatic rings. The lowest BCUT2D eigenvalue weighted by Gasteiger charge is -2.02. The van der Waals surface area contributed by atoms with E-state index in [0.29, 0.717) is 11.6 Å². The molecule has 0 unspecified atom stereocenters. The van der Waals surface area contributed by atoms with Crippen molar-refractivity contribution in [1.82, 2.24) is 0 Å². The van der Waals surface area contributed by atoms with E-state index in [9.17, 15) is 0 Å². The second-order valence-corrected chi connectivity index (χ2v) is 3.27. The summed E-state index contributed by atoms with van der Waals surface area (Å²) < 4.78 is 5.05. The van der Waals surface area contributed by atoms with Crippen molar-refractivity contribution in [2.45, 2.75) is 6.42 Å². The highest BCUT2D eigenvalue weighted by Gasteiger charge is 1.98. The molecule has 0 saturated carbocycles. The van der Waals surface area contributed by atoms with Gasteiger partial charge in [0.25, 0.3) is 0 Å². The standard InChI is InChI=1S/C11H14ClNO/c1-14-10-6-5-9(11(12)8-10)4-2-3-7-13/h2,4-6,8H,3,7,13H2,1H3. The highest BCUT2D eigenvalue weighted by atomic mass is 35.5. The molecule has 0 heterocycles. The molecule has 14 heavy (non-hydrogen) atoms. The summed E-state index contributed by atoms with van der Waals surface area (Å²) in [6.45, 7) is 0.657. The Morgan fingerprint density at radius 1 is 1.50 bits per heavy atom. The minimum atomic E-state index is 0.657. The van der Waals surface area contributed by atoms with E-state index in [2.05, 4.69) is 0 Å². The van der Waals surface area contributed by atoms with Crippen molar-refractivity contribution in [3.05, 3.63) is 34.9 Å². The Labute approximate surface area is 89.3 Å². The third-order valence-electron chi connectivity index (χ3n) is 1.84. The highest BCUT2D eigenvalue weighted by Crippen LogP contribution is 2.23. The van der Waals surface area contributed by atoms with Crippen molar-refractivity contribution in [3.8, 4) is 5.75 Å². The lowest BCUT2D eigenvalue weighted by Crippen LogP contribution is -1.95. The van der Waals surface area contributed by atoms with Gasteiger partial charge in [0, 0.05) is 0 Å². The molecule has 0 radical (unpaired) electrons. The fraction of sp³-hybridized carbons (Fsp3) is 0.273. The van der Waals surface area contributed by atoms with Crippen LogP contribution in [-0.4, -0.2) is 13.7 Å². The first kappa shape index (κ1) is 11.1. The lowest BCUT2D eigenvalue weighted by atomic mass is 10.2. The van der Waals surface area contributed by atoms with Crippen molar-refractivity contribution >= 4 is 17.7 Å². The largest absolute Gasteiger partial charge is 0.497 e. The third kappa shape index (κ3) is 3.05. The maximum atomic E-state index is 6.02. The quantitative estimate of drug-likeness (QED) is 0.831. The summed E-state index contributed by atoms with van der Waals surface area (Å²) in [7, 11) is 1.62. The first-order valence-corrected chi connectivity index (χ1v) is 4.86. The maximum Gasteiger partial charge on any atom is 0.120 e. The molecule has 0 atom stereocenters. The first-order valence-electron chi connectivity index (χ1n) is 4.48. The molecule has 0 spiro atoms. The Kier molecular flexibility index (Phi) is 4.50. The summed E-state index contributed by atoms with van der Waals surface area (Å²) in [5.41, 5.74) is 6.36. The highest BCUT2D eigenvalue weighted by molar-refractivity contribution is 6.32. The van der Waals surface area contributed by atoms with Gasteiger partial charge in [0.05, 0.1) is 12.1 Å². The summed E-state index contributed by atoms with van der Waals surface area (Å²) >= 11 is 6.02. The van der Waals surface area contributed by atoms with Gasteiger partial charge in [-0.05, 0) is 36.7 Å². The van der Waals surface area contributed by atoms with E-state index in [4.69, 9.17) is 22.1 Å². The van der Waals surface area contributed by atoms with E-state index >= 15 is 0 Å². The SMILES string of the molecule is COc1ccc(C=CCCN)c(Cl)c1. The van der Waals surface area contributed by atoms with Gasteiger partial charge in [-0.2, -0.15) is 0 Å². The maximum absolute atomic E-state index is 6.02. The number of rotatable bonds is 4. The minimum absolute atomic E-state index is 0.657. The summed E-state index contributed by atoms with van der Waals surface area (Å²) in [6.07, 6.45) is 4.84. The second kappa shape index (κ2) is 5.68. The number of halogens is 1. The number of hydrogen-bond acceptors (Lipinski definition) is 2. The molecule has 0 saturated heterocycles. The normalized spacial score (nSPS) is 10.8. The Balaban J connectivity index is 2.78. The van der Waals surface area contributed by atoms with Crippen molar-refractivity contribution in [2.75, 3.05) is 13.7 Å². The van der Waals surface area contributed by atoms with E-state index in [1.165, 1.54) is 0 Å². The molecule has 0 bridgehead atoms. The minimum Gasteiger partial charge on any atom is -0.497 e. The van der Waals surface area contributed by atoms with E-state index in [1.807, 2.05) is 24.3 Å². The van der Waals surface area contributed by atoms with Crippen molar-refractivity contribution in [1.29, 1.82) is 0 Å². The second-order valence-electron chi connectivity index (χ2n) is 2.87. The van der Waals surface area contributed by atoms with Gasteiger partial charge in [-0.15, -0.1) is 0 Å². The number of hydrogen-bond donors (Lipinski definition) is 1. The zero-order valence-corrected chi connectivity index (χ0v) is 8.92. The van der Waals surface area contributed by atoms with E-state index < -0.39 is 0 Å². The Morgan fingerprint density at radius 3 is 2.86 bits per heavy atom. The molecule has 0 aliphatic heterocycles. The van der Waals surface area contributed by atoms with Crippen LogP contribution in [0.15, 0.2) is 24.3 Å². The van der Waals surface area contributed by atoms with E-state index in [-0.39, 0.29) is 0 Å². The average molecular weight is 212 g/mol. The molecule has 0 aliphatic rings. The number of methoxy groups -OCH3 is 1. The van der Waals surface area contributed by atoms with E-state index in [1.54, 1.807) is 13.2 Å². The monoisotopic (exact) mass is 211 g/mol. The van der Waals surface area contributed by atoms with Crippen LogP contribution in [0.25, 0.3) is 6.08 Å². The molecule has 1 aromatic carbocycles. The fourth-order valence-electron chi connectivity index (χ4n) is 1.08. The van der Waals surface area contributed by atoms with Crippen LogP contribution >= 0.6 is 11.6 Å². The fourth-order valence-corrected chi connectivity index (χ4v) is 1.31. The van der Waals surface area contributed by atoms with Crippen molar-refractivity contribution in [2.24, 2.45) is 5.73 Å². The van der Waals surface area contributed by atoms with Gasteiger partial charge in [0.2, 0.25) is 0 Å². The molecule has 0 aromatic heterocycles. The average Bonchev–Trinajstić information content (AvgIpc) is 2.20. The van der Waals surface area contributed by atoms with Crippen LogP contribution in [0.3, 0.4) is 0 Å². The molecule has 0 fully saturated rings. The summed E-state index contributed by atoms with van der Waals surface area (Å²) in [6, 6.07) is 5.60. The van der Waals surface area contributed by atoms with E-state index in [0.717, 1.165) is 17.7 Å². The topological polar surface area (TPSA) is 35.2 Å². The van der Waals surface area contributed by atoms with Crippen LogP contribution in [0.5, 0.6) is 5.75 Å². The van der Waals surface area contributed by atoms with Gasteiger partial charge in [0.1, 0.15) is 5.75 Å². The lowest BCUT2D eigenvalue weighted by molar-refractivity contribution is 0.415. The zero-order valence-electron chi connectivity index (χ0n) is 8.16. The van der Waals surface area contributed by atoms with Crippen molar-refractivity contribution < 1.29 is 4.74 Å².